The zero-order valence-electron chi connectivity index (χ0n) is 13.8. The first-order chi connectivity index (χ1) is 9.90. The van der Waals surface area contributed by atoms with Crippen molar-refractivity contribution >= 4 is 16.2 Å². The van der Waals surface area contributed by atoms with Gasteiger partial charge in [-0.1, -0.05) is 0 Å². The van der Waals surface area contributed by atoms with Gasteiger partial charge in [-0.15, -0.1) is 0 Å². The lowest BCUT2D eigenvalue weighted by Gasteiger charge is -2.29. The summed E-state index contributed by atoms with van der Waals surface area (Å²) < 4.78 is 31.1. The summed E-state index contributed by atoms with van der Waals surface area (Å²) >= 11 is 0. The number of carbonyl (C=O) groups excluding carboxylic acids is 1. The molecule has 0 aromatic rings. The number of hydrogen-bond acceptors (Lipinski definition) is 5. The maximum absolute atomic E-state index is 11.6. The van der Waals surface area contributed by atoms with Gasteiger partial charge in [-0.2, -0.15) is 8.42 Å². The predicted molar refractivity (Wildman–Crippen MR) is 84.3 cm³/mol. The molecule has 1 amide bonds. The Hall–Kier alpha value is -0.860. The van der Waals surface area contributed by atoms with Gasteiger partial charge in [0, 0.05) is 12.6 Å². The average molecular weight is 339 g/mol. The van der Waals surface area contributed by atoms with Crippen LogP contribution < -0.4 is 5.32 Å². The Bertz CT molecular complexity index is 413. The van der Waals surface area contributed by atoms with Gasteiger partial charge in [-0.25, -0.2) is 4.79 Å². The van der Waals surface area contributed by atoms with E-state index in [1.54, 1.807) is 0 Å². The van der Waals surface area contributed by atoms with E-state index in [-0.39, 0.29) is 18.7 Å². The summed E-state index contributed by atoms with van der Waals surface area (Å²) in [4.78, 5) is 11.6. The molecule has 8 heteroatoms. The van der Waals surface area contributed by atoms with E-state index in [2.05, 4.69) is 5.32 Å². The molecule has 7 nitrogen and oxygen atoms in total. The van der Waals surface area contributed by atoms with E-state index >= 15 is 0 Å². The maximum atomic E-state index is 11.6. The van der Waals surface area contributed by atoms with E-state index in [0.29, 0.717) is 12.2 Å². The zero-order valence-corrected chi connectivity index (χ0v) is 14.6. The van der Waals surface area contributed by atoms with E-state index in [1.165, 1.54) is 0 Å². The Morgan fingerprint density at radius 2 is 1.68 bits per heavy atom. The Morgan fingerprint density at radius 3 is 2.05 bits per heavy atom. The molecule has 0 aromatic heterocycles. The highest BCUT2D eigenvalue weighted by molar-refractivity contribution is 7.85. The minimum atomic E-state index is -3.67. The molecule has 0 saturated heterocycles. The topological polar surface area (TPSA) is 113 Å². The Balaban J connectivity index is 0.000000763. The fraction of sp³-hybridized carbons (Fsp3) is 0.929. The van der Waals surface area contributed by atoms with Crippen molar-refractivity contribution in [2.75, 3.05) is 12.9 Å². The molecule has 0 aliphatic heterocycles. The predicted octanol–water partition coefficient (Wildman–Crippen LogP) is 1.96. The van der Waals surface area contributed by atoms with E-state index in [4.69, 9.17) is 14.4 Å². The van der Waals surface area contributed by atoms with E-state index < -0.39 is 15.7 Å². The van der Waals surface area contributed by atoms with Gasteiger partial charge in [0.1, 0.15) is 5.60 Å². The SMILES string of the molecule is CC(C)(C)OC(=O)N[C@H]1CC[C@H](CCO)CC1.CS(=O)(=O)O. The number of amides is 1. The third kappa shape index (κ3) is 14.1. The van der Waals surface area contributed by atoms with Crippen molar-refractivity contribution in [3.63, 3.8) is 0 Å². The van der Waals surface area contributed by atoms with Crippen molar-refractivity contribution in [1.29, 1.82) is 0 Å². The van der Waals surface area contributed by atoms with Crippen molar-refractivity contribution < 1.29 is 27.6 Å². The van der Waals surface area contributed by atoms with Gasteiger partial charge in [0.15, 0.2) is 0 Å². The molecule has 0 atom stereocenters. The van der Waals surface area contributed by atoms with Crippen LogP contribution in [0.1, 0.15) is 52.9 Å². The Labute approximate surface area is 133 Å². The lowest BCUT2D eigenvalue weighted by atomic mass is 9.84. The Morgan fingerprint density at radius 1 is 1.23 bits per heavy atom. The van der Waals surface area contributed by atoms with E-state index in [1.807, 2.05) is 20.8 Å². The molecule has 132 valence electrons. The van der Waals surface area contributed by atoms with Crippen LogP contribution in [0, 0.1) is 5.92 Å². The van der Waals surface area contributed by atoms with Gasteiger partial charge < -0.3 is 15.2 Å². The summed E-state index contributed by atoms with van der Waals surface area (Å²) in [6.45, 7) is 5.87. The average Bonchev–Trinajstić information content (AvgIpc) is 2.27. The molecule has 3 N–H and O–H groups in total. The first kappa shape index (κ1) is 21.1. The number of ether oxygens (including phenoxy) is 1. The van der Waals surface area contributed by atoms with Crippen LogP contribution in [0.3, 0.4) is 0 Å². The van der Waals surface area contributed by atoms with Gasteiger partial charge in [0.05, 0.1) is 6.26 Å². The van der Waals surface area contributed by atoms with Crippen molar-refractivity contribution in [1.82, 2.24) is 5.32 Å². The molecule has 22 heavy (non-hydrogen) atoms. The van der Waals surface area contributed by atoms with Crippen LogP contribution in [0.15, 0.2) is 0 Å². The number of rotatable bonds is 3. The standard InChI is InChI=1S/C13H25NO3.CH4O3S/c1-13(2,3)17-12(16)14-11-6-4-10(5-7-11)8-9-15;1-5(2,3)4/h10-11,15H,4-9H2,1-3H3,(H,14,16);1H3,(H,2,3,4)/t10-,11-;. The fourth-order valence-corrected chi connectivity index (χ4v) is 2.25. The van der Waals surface area contributed by atoms with Gasteiger partial charge in [-0.05, 0) is 58.8 Å². The molecular formula is C14H29NO6S. The van der Waals surface area contributed by atoms with Crippen LogP contribution >= 0.6 is 0 Å². The summed E-state index contributed by atoms with van der Waals surface area (Å²) in [6.07, 6.45) is 5.44. The lowest BCUT2D eigenvalue weighted by molar-refractivity contribution is 0.0485. The van der Waals surface area contributed by atoms with E-state index in [9.17, 15) is 13.2 Å². The molecule has 0 aromatic carbocycles. The molecule has 0 bridgehead atoms. The number of nitrogens with one attached hydrogen (secondary N) is 1. The minimum absolute atomic E-state index is 0.236. The molecule has 1 saturated carbocycles. The second-order valence-corrected chi connectivity index (χ2v) is 8.08. The first-order valence-corrected chi connectivity index (χ1v) is 9.28. The summed E-state index contributed by atoms with van der Waals surface area (Å²) in [5.74, 6) is 0.622. The first-order valence-electron chi connectivity index (χ1n) is 7.43. The number of carbonyl (C=O) groups is 1. The molecule has 0 heterocycles. The van der Waals surface area contributed by atoms with Crippen LogP contribution in [0.2, 0.25) is 0 Å². The minimum Gasteiger partial charge on any atom is -0.444 e. The smallest absolute Gasteiger partial charge is 0.407 e. The summed E-state index contributed by atoms with van der Waals surface area (Å²) in [7, 11) is -3.67. The molecular weight excluding hydrogens is 310 g/mol. The van der Waals surface area contributed by atoms with Gasteiger partial charge in [-0.3, -0.25) is 4.55 Å². The summed E-state index contributed by atoms with van der Waals surface area (Å²) in [5.41, 5.74) is -0.432. The zero-order chi connectivity index (χ0) is 17.4. The lowest BCUT2D eigenvalue weighted by Crippen LogP contribution is -2.41. The van der Waals surface area contributed by atoms with E-state index in [0.717, 1.165) is 32.1 Å². The van der Waals surface area contributed by atoms with Crippen molar-refractivity contribution in [2.24, 2.45) is 5.92 Å². The second-order valence-electron chi connectivity index (χ2n) is 6.61. The molecule has 0 spiro atoms. The highest BCUT2D eigenvalue weighted by Crippen LogP contribution is 2.26. The van der Waals surface area contributed by atoms with Crippen LogP contribution in [-0.4, -0.2) is 48.7 Å². The van der Waals surface area contributed by atoms with Crippen LogP contribution in [-0.2, 0) is 14.9 Å². The third-order valence-corrected chi connectivity index (χ3v) is 3.10. The van der Waals surface area contributed by atoms with Crippen LogP contribution in [0.4, 0.5) is 4.79 Å². The number of alkyl carbamates (subject to hydrolysis) is 1. The number of hydrogen-bond donors (Lipinski definition) is 3. The largest absolute Gasteiger partial charge is 0.444 e. The summed E-state index contributed by atoms with van der Waals surface area (Å²) in [6, 6.07) is 0.236. The number of aliphatic hydroxyl groups excluding tert-OH is 1. The fourth-order valence-electron chi connectivity index (χ4n) is 2.25. The van der Waals surface area contributed by atoms with Gasteiger partial charge in [0.2, 0.25) is 0 Å². The highest BCUT2D eigenvalue weighted by atomic mass is 32.2. The molecule has 0 unspecified atom stereocenters. The quantitative estimate of drug-likeness (QED) is 0.677. The van der Waals surface area contributed by atoms with Crippen molar-refractivity contribution in [2.45, 2.75) is 64.5 Å². The van der Waals surface area contributed by atoms with Crippen LogP contribution in [0.5, 0.6) is 0 Å². The number of aliphatic hydroxyl groups is 1. The third-order valence-electron chi connectivity index (χ3n) is 3.10. The molecule has 1 rings (SSSR count). The van der Waals surface area contributed by atoms with Gasteiger partial charge in [0.25, 0.3) is 10.1 Å². The molecule has 1 aliphatic carbocycles. The molecule has 0 radical (unpaired) electrons. The Kier molecular flexibility index (Phi) is 8.95. The van der Waals surface area contributed by atoms with Crippen LogP contribution in [0.25, 0.3) is 0 Å². The molecule has 1 aliphatic rings. The highest BCUT2D eigenvalue weighted by Gasteiger charge is 2.24. The van der Waals surface area contributed by atoms with Gasteiger partial charge >= 0.3 is 6.09 Å². The summed E-state index contributed by atoms with van der Waals surface area (Å²) in [5, 5.41) is 11.8. The maximum Gasteiger partial charge on any atom is 0.407 e. The second kappa shape index (κ2) is 9.32. The monoisotopic (exact) mass is 339 g/mol. The van der Waals surface area contributed by atoms with Crippen molar-refractivity contribution in [3.8, 4) is 0 Å². The molecule has 1 fully saturated rings. The normalized spacial score (nSPS) is 22.3. The van der Waals surface area contributed by atoms with Crippen molar-refractivity contribution in [3.05, 3.63) is 0 Å².